The molecule has 204 valence electrons. The van der Waals surface area contributed by atoms with Crippen LogP contribution in [0, 0.1) is 23.7 Å². The third-order valence-electron chi connectivity index (χ3n) is 12.9. The second-order valence-corrected chi connectivity index (χ2v) is 15.6. The summed E-state index contributed by atoms with van der Waals surface area (Å²) in [6, 6.07) is 21.6. The van der Waals surface area contributed by atoms with Crippen molar-refractivity contribution in [2.45, 2.75) is 95.7 Å². The van der Waals surface area contributed by atoms with Crippen LogP contribution in [0.25, 0.3) is 22.3 Å². The highest BCUT2D eigenvalue weighted by molar-refractivity contribution is 6.62. The van der Waals surface area contributed by atoms with Crippen LogP contribution in [0.4, 0.5) is 0 Å². The quantitative estimate of drug-likeness (QED) is 0.298. The maximum Gasteiger partial charge on any atom is 0.494 e. The van der Waals surface area contributed by atoms with E-state index in [0.29, 0.717) is 0 Å². The molecule has 7 aliphatic rings. The van der Waals surface area contributed by atoms with E-state index >= 15 is 0 Å². The molecule has 3 aromatic rings. The standard InChI is InChI=1S/C37H41BO2/c1-34(2)28-10-8-7-9-26(28)32-30(34)13-14-31-33(32)27-20-25(38-39-35(3,4)36(5,6)40-38)11-12-29(27)37(31)23-16-21-15-22(18-23)19-24(37)17-21/h7-14,20-24H,15-19H2,1-6H3. The van der Waals surface area contributed by atoms with Gasteiger partial charge in [0, 0.05) is 10.8 Å². The molecule has 0 N–H and O–H groups in total. The fourth-order valence-corrected chi connectivity index (χ4v) is 10.6. The molecule has 0 atom stereocenters. The minimum Gasteiger partial charge on any atom is -0.399 e. The summed E-state index contributed by atoms with van der Waals surface area (Å²) < 4.78 is 13.2. The third-order valence-corrected chi connectivity index (χ3v) is 12.9. The molecule has 0 unspecified atom stereocenters. The summed E-state index contributed by atoms with van der Waals surface area (Å²) in [5.41, 5.74) is 12.7. The Morgan fingerprint density at radius 2 is 1.18 bits per heavy atom. The van der Waals surface area contributed by atoms with Gasteiger partial charge in [0.2, 0.25) is 0 Å². The Hall–Kier alpha value is -2.36. The molecule has 6 aliphatic carbocycles. The van der Waals surface area contributed by atoms with Crippen LogP contribution in [-0.2, 0) is 20.1 Å². The summed E-state index contributed by atoms with van der Waals surface area (Å²) in [6.45, 7) is 13.5. The van der Waals surface area contributed by atoms with Gasteiger partial charge in [0.25, 0.3) is 0 Å². The molecule has 4 bridgehead atoms. The molecule has 3 aromatic carbocycles. The third kappa shape index (κ3) is 2.71. The minimum absolute atomic E-state index is 0.00424. The summed E-state index contributed by atoms with van der Waals surface area (Å²) in [5.74, 6) is 3.40. The second-order valence-electron chi connectivity index (χ2n) is 15.6. The molecule has 0 amide bonds. The molecule has 0 radical (unpaired) electrons. The Balaban J connectivity index is 1.32. The van der Waals surface area contributed by atoms with Crippen LogP contribution in [0.5, 0.6) is 0 Å². The first-order valence-corrected chi connectivity index (χ1v) is 15.8. The molecular weight excluding hydrogens is 487 g/mol. The first kappa shape index (κ1) is 24.3. The van der Waals surface area contributed by atoms with Crippen LogP contribution in [-0.4, -0.2) is 18.3 Å². The molecule has 3 heteroatoms. The van der Waals surface area contributed by atoms with Crippen LogP contribution in [0.1, 0.15) is 95.9 Å². The lowest BCUT2D eigenvalue weighted by atomic mass is 9.43. The number of hydrogen-bond acceptors (Lipinski definition) is 2. The normalized spacial score (nSPS) is 34.2. The average molecular weight is 529 g/mol. The van der Waals surface area contributed by atoms with Crippen LogP contribution in [0.15, 0.2) is 54.6 Å². The van der Waals surface area contributed by atoms with Gasteiger partial charge in [-0.2, -0.15) is 0 Å². The Bertz CT molecular complexity index is 1570. The largest absolute Gasteiger partial charge is 0.494 e. The van der Waals surface area contributed by atoms with Crippen molar-refractivity contribution in [1.29, 1.82) is 0 Å². The number of rotatable bonds is 1. The van der Waals surface area contributed by atoms with Crippen LogP contribution < -0.4 is 5.46 Å². The monoisotopic (exact) mass is 528 g/mol. The van der Waals surface area contributed by atoms with Gasteiger partial charge in [0.15, 0.2) is 0 Å². The lowest BCUT2D eigenvalue weighted by Crippen LogP contribution is -2.55. The summed E-state index contributed by atoms with van der Waals surface area (Å²) >= 11 is 0. The van der Waals surface area contributed by atoms with Crippen molar-refractivity contribution in [1.82, 2.24) is 0 Å². The van der Waals surface area contributed by atoms with Gasteiger partial charge < -0.3 is 9.31 Å². The molecule has 4 saturated carbocycles. The van der Waals surface area contributed by atoms with Crippen molar-refractivity contribution in [3.63, 3.8) is 0 Å². The molecule has 40 heavy (non-hydrogen) atoms. The topological polar surface area (TPSA) is 18.5 Å². The van der Waals surface area contributed by atoms with Gasteiger partial charge in [0.05, 0.1) is 11.2 Å². The summed E-state index contributed by atoms with van der Waals surface area (Å²) in [5, 5.41) is 0. The van der Waals surface area contributed by atoms with Crippen molar-refractivity contribution in [2.24, 2.45) is 23.7 Å². The fourth-order valence-electron chi connectivity index (χ4n) is 10.6. The molecular formula is C37H41BO2. The van der Waals surface area contributed by atoms with E-state index < -0.39 is 0 Å². The Labute approximate surface area is 240 Å². The minimum atomic E-state index is -0.346. The van der Waals surface area contributed by atoms with Gasteiger partial charge in [-0.25, -0.2) is 0 Å². The number of hydrogen-bond donors (Lipinski definition) is 0. The fraction of sp³-hybridized carbons (Fsp3) is 0.514. The van der Waals surface area contributed by atoms with E-state index in [2.05, 4.69) is 96.1 Å². The van der Waals surface area contributed by atoms with Gasteiger partial charge in [0.1, 0.15) is 0 Å². The van der Waals surface area contributed by atoms with Gasteiger partial charge in [-0.3, -0.25) is 0 Å². The summed E-state index contributed by atoms with van der Waals surface area (Å²) in [7, 11) is -0.339. The number of fused-ring (bicyclic) bond motifs is 7. The Kier molecular flexibility index (Phi) is 4.45. The zero-order valence-corrected chi connectivity index (χ0v) is 24.9. The van der Waals surface area contributed by atoms with E-state index in [0.717, 1.165) is 29.1 Å². The first-order valence-electron chi connectivity index (χ1n) is 15.8. The zero-order valence-electron chi connectivity index (χ0n) is 24.9. The molecule has 2 nitrogen and oxygen atoms in total. The van der Waals surface area contributed by atoms with Gasteiger partial charge in [-0.15, -0.1) is 0 Å². The summed E-state index contributed by atoms with van der Waals surface area (Å²) in [6.07, 6.45) is 7.11. The van der Waals surface area contributed by atoms with E-state index in [4.69, 9.17) is 9.31 Å². The van der Waals surface area contributed by atoms with Crippen LogP contribution in [0.2, 0.25) is 0 Å². The highest BCUT2D eigenvalue weighted by Crippen LogP contribution is 2.71. The molecule has 1 spiro atoms. The SMILES string of the molecule is CC1(C)c2ccccc2-c2c1ccc1c2-c2cc(B3OC(C)(C)C(C)(C)O3)ccc2C12C1CC3CC(C1)CC2C3. The molecule has 0 aromatic heterocycles. The molecule has 1 aliphatic heterocycles. The molecule has 10 rings (SSSR count). The predicted molar refractivity (Wildman–Crippen MR) is 163 cm³/mol. The smallest absolute Gasteiger partial charge is 0.399 e. The molecule has 1 saturated heterocycles. The molecule has 1 heterocycles. The van der Waals surface area contributed by atoms with E-state index in [9.17, 15) is 0 Å². The highest BCUT2D eigenvalue weighted by atomic mass is 16.7. The van der Waals surface area contributed by atoms with E-state index in [1.165, 1.54) is 65.5 Å². The highest BCUT2D eigenvalue weighted by Gasteiger charge is 2.62. The molecule has 5 fully saturated rings. The zero-order chi connectivity index (χ0) is 27.4. The number of benzene rings is 3. The average Bonchev–Trinajstić information content (AvgIpc) is 3.42. The van der Waals surface area contributed by atoms with Gasteiger partial charge in [-0.05, 0) is 133 Å². The summed E-state index contributed by atoms with van der Waals surface area (Å²) in [4.78, 5) is 0. The van der Waals surface area contributed by atoms with Crippen LogP contribution in [0.3, 0.4) is 0 Å². The lowest BCUT2D eigenvalue weighted by Gasteiger charge is -2.61. The van der Waals surface area contributed by atoms with Gasteiger partial charge >= 0.3 is 7.12 Å². The van der Waals surface area contributed by atoms with Crippen LogP contribution >= 0.6 is 0 Å². The Morgan fingerprint density at radius 1 is 0.600 bits per heavy atom. The predicted octanol–water partition coefficient (Wildman–Crippen LogP) is 8.01. The first-order chi connectivity index (χ1) is 19.0. The Morgan fingerprint density at radius 3 is 1.85 bits per heavy atom. The van der Waals surface area contributed by atoms with E-state index in [-0.39, 0.29) is 29.2 Å². The lowest BCUT2D eigenvalue weighted by molar-refractivity contribution is -0.0399. The van der Waals surface area contributed by atoms with Crippen molar-refractivity contribution >= 4 is 12.6 Å². The van der Waals surface area contributed by atoms with E-state index in [1.54, 1.807) is 11.1 Å². The van der Waals surface area contributed by atoms with Crippen molar-refractivity contribution < 1.29 is 9.31 Å². The van der Waals surface area contributed by atoms with Crippen molar-refractivity contribution in [3.8, 4) is 22.3 Å². The van der Waals surface area contributed by atoms with E-state index in [1.807, 2.05) is 0 Å². The maximum atomic E-state index is 6.59. The van der Waals surface area contributed by atoms with Crippen molar-refractivity contribution in [2.75, 3.05) is 0 Å². The second kappa shape index (κ2) is 7.34. The van der Waals surface area contributed by atoms with Gasteiger partial charge in [-0.1, -0.05) is 68.4 Å². The maximum absolute atomic E-state index is 6.59. The van der Waals surface area contributed by atoms with Crippen molar-refractivity contribution in [3.05, 3.63) is 76.9 Å².